The minimum atomic E-state index is -0.245. The summed E-state index contributed by atoms with van der Waals surface area (Å²) in [7, 11) is 2.03. The van der Waals surface area contributed by atoms with Gasteiger partial charge in [0.05, 0.1) is 6.54 Å². The van der Waals surface area contributed by atoms with Crippen molar-refractivity contribution in [3.63, 3.8) is 0 Å². The third kappa shape index (κ3) is 3.37. The minimum absolute atomic E-state index is 0.245. The van der Waals surface area contributed by atoms with Crippen molar-refractivity contribution in [2.24, 2.45) is 7.05 Å². The van der Waals surface area contributed by atoms with Crippen LogP contribution >= 0.6 is 0 Å². The smallest absolute Gasteiger partial charge is 0.159 e. The Morgan fingerprint density at radius 3 is 2.58 bits per heavy atom. The fraction of sp³-hybridized carbons (Fsp3) is 0.350. The van der Waals surface area contributed by atoms with Crippen molar-refractivity contribution in [2.45, 2.75) is 26.3 Å². The largest absolute Gasteiger partial charge is 0.337 e. The van der Waals surface area contributed by atoms with Gasteiger partial charge in [-0.25, -0.2) is 19.3 Å². The van der Waals surface area contributed by atoms with E-state index in [2.05, 4.69) is 19.4 Å². The zero-order chi connectivity index (χ0) is 18.1. The maximum Gasteiger partial charge on any atom is 0.159 e. The zero-order valence-corrected chi connectivity index (χ0v) is 15.1. The highest BCUT2D eigenvalue weighted by molar-refractivity contribution is 5.55. The lowest BCUT2D eigenvalue weighted by Gasteiger charge is -2.19. The van der Waals surface area contributed by atoms with Crippen LogP contribution in [0.3, 0.4) is 0 Å². The fourth-order valence-electron chi connectivity index (χ4n) is 3.47. The molecule has 1 aliphatic rings. The van der Waals surface area contributed by atoms with E-state index in [1.54, 1.807) is 12.1 Å². The summed E-state index contributed by atoms with van der Waals surface area (Å²) in [6, 6.07) is 6.38. The van der Waals surface area contributed by atoms with Gasteiger partial charge < -0.3 is 4.57 Å². The molecule has 1 aromatic carbocycles. The molecule has 0 bridgehead atoms. The van der Waals surface area contributed by atoms with Crippen LogP contribution in [0, 0.1) is 12.7 Å². The summed E-state index contributed by atoms with van der Waals surface area (Å²) in [5.74, 6) is 1.51. The zero-order valence-electron chi connectivity index (χ0n) is 15.1. The van der Waals surface area contributed by atoms with E-state index in [1.807, 2.05) is 26.4 Å². The number of halogens is 1. The number of imidazole rings is 1. The number of aryl methyl sites for hydroxylation is 2. The molecule has 5 nitrogen and oxygen atoms in total. The Labute approximate surface area is 152 Å². The van der Waals surface area contributed by atoms with Crippen LogP contribution in [0.25, 0.3) is 11.4 Å². The molecule has 0 N–H and O–H groups in total. The Morgan fingerprint density at radius 1 is 1.08 bits per heavy atom. The SMILES string of the molecule is Cc1nc(-c2ccc(F)cc2)nc2c1CCN(Cc1nccn1C)CC2. The van der Waals surface area contributed by atoms with E-state index in [9.17, 15) is 4.39 Å². The van der Waals surface area contributed by atoms with Crippen LogP contribution in [0.4, 0.5) is 4.39 Å². The molecule has 0 spiro atoms. The topological polar surface area (TPSA) is 46.8 Å². The number of hydrogen-bond acceptors (Lipinski definition) is 4. The van der Waals surface area contributed by atoms with Crippen LogP contribution in [0.2, 0.25) is 0 Å². The van der Waals surface area contributed by atoms with E-state index < -0.39 is 0 Å². The molecular formula is C20H22FN5. The number of benzene rings is 1. The lowest BCUT2D eigenvalue weighted by molar-refractivity contribution is 0.269. The highest BCUT2D eigenvalue weighted by atomic mass is 19.1. The highest BCUT2D eigenvalue weighted by Crippen LogP contribution is 2.23. The molecule has 26 heavy (non-hydrogen) atoms. The van der Waals surface area contributed by atoms with E-state index in [0.717, 1.165) is 55.3 Å². The van der Waals surface area contributed by atoms with Gasteiger partial charge in [-0.2, -0.15) is 0 Å². The van der Waals surface area contributed by atoms with Gasteiger partial charge in [-0.3, -0.25) is 4.90 Å². The molecule has 3 heterocycles. The molecule has 2 aromatic heterocycles. The van der Waals surface area contributed by atoms with Crippen molar-refractivity contribution in [3.8, 4) is 11.4 Å². The van der Waals surface area contributed by atoms with Crippen LogP contribution in [-0.4, -0.2) is 37.5 Å². The van der Waals surface area contributed by atoms with Crippen molar-refractivity contribution < 1.29 is 4.39 Å². The van der Waals surface area contributed by atoms with Crippen LogP contribution in [0.15, 0.2) is 36.7 Å². The molecule has 3 aromatic rings. The molecule has 0 unspecified atom stereocenters. The molecule has 0 aliphatic carbocycles. The number of aromatic nitrogens is 4. The summed E-state index contributed by atoms with van der Waals surface area (Å²) in [6.07, 6.45) is 5.64. The van der Waals surface area contributed by atoms with Crippen LogP contribution in [0.5, 0.6) is 0 Å². The van der Waals surface area contributed by atoms with Gasteiger partial charge in [0.1, 0.15) is 11.6 Å². The average Bonchev–Trinajstić information content (AvgIpc) is 2.91. The molecule has 0 amide bonds. The summed E-state index contributed by atoms with van der Waals surface area (Å²) in [6.45, 7) is 4.80. The van der Waals surface area contributed by atoms with Crippen LogP contribution in [0.1, 0.15) is 22.8 Å². The third-order valence-electron chi connectivity index (χ3n) is 5.03. The van der Waals surface area contributed by atoms with Crippen molar-refractivity contribution in [1.82, 2.24) is 24.4 Å². The van der Waals surface area contributed by atoms with Gasteiger partial charge in [-0.1, -0.05) is 0 Å². The first-order valence-corrected chi connectivity index (χ1v) is 8.91. The Kier molecular flexibility index (Phi) is 4.51. The van der Waals surface area contributed by atoms with Crippen molar-refractivity contribution in [3.05, 3.63) is 65.3 Å². The van der Waals surface area contributed by atoms with Crippen molar-refractivity contribution in [2.75, 3.05) is 13.1 Å². The Bertz CT molecular complexity index is 916. The van der Waals surface area contributed by atoms with E-state index in [4.69, 9.17) is 4.98 Å². The van der Waals surface area contributed by atoms with Gasteiger partial charge in [0, 0.05) is 55.9 Å². The summed E-state index contributed by atoms with van der Waals surface area (Å²) >= 11 is 0. The van der Waals surface area contributed by atoms with Crippen LogP contribution in [-0.2, 0) is 26.4 Å². The van der Waals surface area contributed by atoms with Crippen molar-refractivity contribution >= 4 is 0 Å². The molecular weight excluding hydrogens is 329 g/mol. The first-order valence-electron chi connectivity index (χ1n) is 8.91. The third-order valence-corrected chi connectivity index (χ3v) is 5.03. The summed E-state index contributed by atoms with van der Waals surface area (Å²) in [5.41, 5.74) is 4.23. The van der Waals surface area contributed by atoms with Crippen molar-refractivity contribution in [1.29, 1.82) is 0 Å². The van der Waals surface area contributed by atoms with Gasteiger partial charge >= 0.3 is 0 Å². The van der Waals surface area contributed by atoms with Gasteiger partial charge in [0.25, 0.3) is 0 Å². The van der Waals surface area contributed by atoms with Gasteiger partial charge in [0.2, 0.25) is 0 Å². The summed E-state index contributed by atoms with van der Waals surface area (Å²) < 4.78 is 15.2. The predicted octanol–water partition coefficient (Wildman–Crippen LogP) is 2.93. The van der Waals surface area contributed by atoms with E-state index in [0.29, 0.717) is 5.82 Å². The monoisotopic (exact) mass is 351 g/mol. The Hall–Kier alpha value is -2.60. The molecule has 0 saturated carbocycles. The first kappa shape index (κ1) is 16.8. The second kappa shape index (κ2) is 6.96. The second-order valence-corrected chi connectivity index (χ2v) is 6.80. The molecule has 0 saturated heterocycles. The minimum Gasteiger partial charge on any atom is -0.337 e. The van der Waals surface area contributed by atoms with Crippen LogP contribution < -0.4 is 0 Å². The van der Waals surface area contributed by atoms with Gasteiger partial charge in [0.15, 0.2) is 5.82 Å². The molecule has 0 atom stereocenters. The molecule has 134 valence electrons. The van der Waals surface area contributed by atoms with Gasteiger partial charge in [-0.05, 0) is 43.2 Å². The quantitative estimate of drug-likeness (QED) is 0.728. The number of nitrogens with zero attached hydrogens (tertiary/aromatic N) is 5. The second-order valence-electron chi connectivity index (χ2n) is 6.80. The van der Waals surface area contributed by atoms with E-state index >= 15 is 0 Å². The fourth-order valence-corrected chi connectivity index (χ4v) is 3.47. The average molecular weight is 351 g/mol. The van der Waals surface area contributed by atoms with E-state index in [1.165, 1.54) is 17.7 Å². The number of rotatable bonds is 3. The first-order chi connectivity index (χ1) is 12.6. The number of fused-ring (bicyclic) bond motifs is 1. The highest BCUT2D eigenvalue weighted by Gasteiger charge is 2.20. The lowest BCUT2D eigenvalue weighted by Crippen LogP contribution is -2.27. The normalized spacial score (nSPS) is 14.9. The maximum atomic E-state index is 13.2. The van der Waals surface area contributed by atoms with E-state index in [-0.39, 0.29) is 5.82 Å². The molecule has 0 fully saturated rings. The number of hydrogen-bond donors (Lipinski definition) is 0. The maximum absolute atomic E-state index is 13.2. The molecule has 0 radical (unpaired) electrons. The molecule has 6 heteroatoms. The molecule has 1 aliphatic heterocycles. The lowest BCUT2D eigenvalue weighted by atomic mass is 10.1. The Morgan fingerprint density at radius 2 is 1.85 bits per heavy atom. The standard InChI is InChI=1S/C20H22FN5/c1-14-17-7-10-26(13-19-22-9-12-25(19)2)11-8-18(17)24-20(23-14)15-3-5-16(21)6-4-15/h3-6,9,12H,7-8,10-11,13H2,1-2H3. The van der Waals surface area contributed by atoms with Gasteiger partial charge in [-0.15, -0.1) is 0 Å². The Balaban J connectivity index is 1.57. The predicted molar refractivity (Wildman–Crippen MR) is 98.1 cm³/mol. The molecule has 4 rings (SSSR count). The summed E-state index contributed by atoms with van der Waals surface area (Å²) in [5, 5.41) is 0. The summed E-state index contributed by atoms with van der Waals surface area (Å²) in [4.78, 5) is 16.3.